The summed E-state index contributed by atoms with van der Waals surface area (Å²) in [6.45, 7) is 7.86. The number of hydrogen-bond acceptors (Lipinski definition) is 3. The normalized spacial score (nSPS) is 11.4. The zero-order chi connectivity index (χ0) is 12.3. The van der Waals surface area contributed by atoms with Gasteiger partial charge in [-0.15, -0.1) is 0 Å². The van der Waals surface area contributed by atoms with Gasteiger partial charge in [0.2, 0.25) is 0 Å². The largest absolute Gasteiger partial charge is 0.484 e. The molecular weight excluding hydrogens is 245 g/mol. The maximum Gasteiger partial charge on any atom is 0.484 e. The summed E-state index contributed by atoms with van der Waals surface area (Å²) < 4.78 is 46.9. The van der Waals surface area contributed by atoms with Gasteiger partial charge in [-0.05, 0) is 20.8 Å². The molecule has 15 heavy (non-hydrogen) atoms. The van der Waals surface area contributed by atoms with E-state index in [9.17, 15) is 13.2 Å². The molecule has 0 heterocycles. The fourth-order valence-electron chi connectivity index (χ4n) is 0.553. The van der Waals surface area contributed by atoms with Crippen LogP contribution in [-0.2, 0) is 13.3 Å². The average Bonchev–Trinajstić information content (AvgIpc) is 2.02. The molecule has 0 rings (SSSR count). The molecule has 94 valence electrons. The highest BCUT2D eigenvalue weighted by Crippen LogP contribution is 2.05. The van der Waals surface area contributed by atoms with E-state index < -0.39 is 25.6 Å². The molecule has 0 aliphatic heterocycles. The first-order chi connectivity index (χ1) is 6.85. The van der Waals surface area contributed by atoms with E-state index in [4.69, 9.17) is 13.3 Å². The van der Waals surface area contributed by atoms with Crippen LogP contribution in [0.15, 0.2) is 0 Å². The number of halogens is 3. The lowest BCUT2D eigenvalue weighted by Crippen LogP contribution is -2.27. The zero-order valence-electron chi connectivity index (χ0n) is 9.56. The molecular formula is C7H19F3O3Si2. The van der Waals surface area contributed by atoms with Gasteiger partial charge in [-0.25, -0.2) is 0 Å². The first kappa shape index (κ1) is 17.5. The Morgan fingerprint density at radius 1 is 0.933 bits per heavy atom. The van der Waals surface area contributed by atoms with Crippen LogP contribution < -0.4 is 0 Å². The third kappa shape index (κ3) is 24.9. The Morgan fingerprint density at radius 3 is 1.27 bits per heavy atom. The highest BCUT2D eigenvalue weighted by atomic mass is 28.3. The van der Waals surface area contributed by atoms with Crippen LogP contribution in [-0.4, -0.2) is 45.4 Å². The van der Waals surface area contributed by atoms with Crippen molar-refractivity contribution in [1.29, 1.82) is 0 Å². The predicted octanol–water partition coefficient (Wildman–Crippen LogP) is 0.685. The van der Waals surface area contributed by atoms with E-state index in [1.807, 2.05) is 20.8 Å². The van der Waals surface area contributed by atoms with Crippen LogP contribution in [0.5, 0.6) is 0 Å². The highest BCUT2D eigenvalue weighted by Gasteiger charge is 2.14. The summed E-state index contributed by atoms with van der Waals surface area (Å²) in [6, 6.07) is 0. The van der Waals surface area contributed by atoms with E-state index in [1.165, 1.54) is 0 Å². The molecule has 3 nitrogen and oxygen atoms in total. The number of hydrogen-bond donors (Lipinski definition) is 0. The topological polar surface area (TPSA) is 27.7 Å². The Balaban J connectivity index is 0. The Hall–Kier alpha value is 0.104. The van der Waals surface area contributed by atoms with Gasteiger partial charge in [0.1, 0.15) is 10.2 Å². The van der Waals surface area contributed by atoms with E-state index >= 15 is 0 Å². The molecule has 0 aromatic heterocycles. The van der Waals surface area contributed by atoms with Gasteiger partial charge in [-0.2, -0.15) is 13.2 Å². The maximum absolute atomic E-state index is 10.4. The Morgan fingerprint density at radius 2 is 1.13 bits per heavy atom. The van der Waals surface area contributed by atoms with Crippen molar-refractivity contribution in [3.05, 3.63) is 0 Å². The molecule has 0 spiro atoms. The van der Waals surface area contributed by atoms with Crippen LogP contribution in [0.3, 0.4) is 0 Å². The van der Waals surface area contributed by atoms with Crippen molar-refractivity contribution in [1.82, 2.24) is 0 Å². The van der Waals surface area contributed by atoms with Crippen molar-refractivity contribution in [2.24, 2.45) is 0 Å². The maximum atomic E-state index is 10.4. The molecule has 0 unspecified atom stereocenters. The summed E-state index contributed by atoms with van der Waals surface area (Å²) >= 11 is 0. The zero-order valence-corrected chi connectivity index (χ0v) is 12.7. The summed E-state index contributed by atoms with van der Waals surface area (Å²) in [5, 5.41) is 0. The molecule has 0 atom stereocenters. The molecule has 0 aliphatic rings. The van der Waals surface area contributed by atoms with Gasteiger partial charge in [0.05, 0.1) is 0 Å². The second kappa shape index (κ2) is 10.6. The predicted molar refractivity (Wildman–Crippen MR) is 58.0 cm³/mol. The Kier molecular flexibility index (Phi) is 12.4. The van der Waals surface area contributed by atoms with Gasteiger partial charge in [0.15, 0.2) is 0 Å². The fraction of sp³-hybridized carbons (Fsp3) is 1.00. The lowest BCUT2D eigenvalue weighted by atomic mass is 10.9. The van der Waals surface area contributed by atoms with Crippen LogP contribution in [0.25, 0.3) is 0 Å². The van der Waals surface area contributed by atoms with Crippen LogP contribution in [0.2, 0.25) is 0 Å². The smallest absolute Gasteiger partial charge is 0.376 e. The molecule has 0 aromatic rings. The van der Waals surface area contributed by atoms with Crippen molar-refractivity contribution < 1.29 is 26.4 Å². The van der Waals surface area contributed by atoms with E-state index in [2.05, 4.69) is 0 Å². The molecule has 8 heteroatoms. The molecule has 0 fully saturated rings. The van der Waals surface area contributed by atoms with Crippen molar-refractivity contribution in [2.75, 3.05) is 19.8 Å². The summed E-state index contributed by atoms with van der Waals surface area (Å²) in [4.78, 5) is 0. The van der Waals surface area contributed by atoms with E-state index in [0.29, 0.717) is 19.8 Å². The fourth-order valence-corrected chi connectivity index (χ4v) is 1.66. The molecule has 0 aliphatic carbocycles. The Labute approximate surface area is 93.3 Å². The van der Waals surface area contributed by atoms with Gasteiger partial charge in [0.25, 0.3) is 0 Å². The Bertz CT molecular complexity index is 115. The van der Waals surface area contributed by atoms with Crippen LogP contribution >= 0.6 is 0 Å². The highest BCUT2D eigenvalue weighted by molar-refractivity contribution is 6.36. The number of alkyl halides is 3. The molecule has 0 radical (unpaired) electrons. The SMILES string of the molecule is CCO[SiH](OCC)OCC.FC(F)(F)[SiH3]. The minimum absolute atomic E-state index is 0.677. The van der Waals surface area contributed by atoms with E-state index in [0.717, 1.165) is 0 Å². The van der Waals surface area contributed by atoms with Gasteiger partial charge < -0.3 is 13.3 Å². The number of rotatable bonds is 6. The third-order valence-electron chi connectivity index (χ3n) is 0.908. The van der Waals surface area contributed by atoms with Gasteiger partial charge >= 0.3 is 15.3 Å². The molecule has 0 bridgehead atoms. The second-order valence-corrected chi connectivity index (χ2v) is 5.15. The standard InChI is InChI=1S/C6H16O3Si.CH3F3Si/c1-4-7-10(8-5-2)9-6-3;2-1(3,4)5/h10H,4-6H2,1-3H3;5H3. The van der Waals surface area contributed by atoms with E-state index in [1.54, 1.807) is 0 Å². The van der Waals surface area contributed by atoms with Crippen molar-refractivity contribution >= 4 is 19.8 Å². The lowest BCUT2D eigenvalue weighted by Gasteiger charge is -2.12. The van der Waals surface area contributed by atoms with Crippen molar-refractivity contribution in [3.63, 3.8) is 0 Å². The summed E-state index contributed by atoms with van der Waals surface area (Å²) in [5.74, 6) is -3.86. The molecule has 0 saturated carbocycles. The van der Waals surface area contributed by atoms with Gasteiger partial charge in [-0.3, -0.25) is 0 Å². The quantitative estimate of drug-likeness (QED) is 0.661. The van der Waals surface area contributed by atoms with Crippen LogP contribution in [0, 0.1) is 0 Å². The van der Waals surface area contributed by atoms with Gasteiger partial charge in [-0.1, -0.05) is 0 Å². The summed E-state index contributed by atoms with van der Waals surface area (Å²) in [6.07, 6.45) is 0. The molecule has 0 N–H and O–H groups in total. The summed E-state index contributed by atoms with van der Waals surface area (Å²) in [7, 11) is -2.43. The van der Waals surface area contributed by atoms with Gasteiger partial charge in [0, 0.05) is 19.8 Å². The van der Waals surface area contributed by atoms with Crippen LogP contribution in [0.1, 0.15) is 20.8 Å². The third-order valence-corrected chi connectivity index (χ3v) is 2.72. The molecule has 0 aromatic carbocycles. The van der Waals surface area contributed by atoms with Crippen molar-refractivity contribution in [2.45, 2.75) is 26.6 Å². The first-order valence-electron chi connectivity index (χ1n) is 4.76. The second-order valence-electron chi connectivity index (χ2n) is 2.44. The first-order valence-corrected chi connectivity index (χ1v) is 7.18. The van der Waals surface area contributed by atoms with E-state index in [-0.39, 0.29) is 0 Å². The minimum Gasteiger partial charge on any atom is -0.376 e. The average molecular weight is 264 g/mol. The van der Waals surface area contributed by atoms with Crippen molar-refractivity contribution in [3.8, 4) is 0 Å². The molecule has 0 saturated heterocycles. The minimum atomic E-state index is -3.86. The summed E-state index contributed by atoms with van der Waals surface area (Å²) in [5.41, 5.74) is 0. The lowest BCUT2D eigenvalue weighted by molar-refractivity contribution is -0.0429. The molecule has 0 amide bonds. The van der Waals surface area contributed by atoms with Crippen LogP contribution in [0.4, 0.5) is 13.2 Å². The monoisotopic (exact) mass is 264 g/mol.